The van der Waals surface area contributed by atoms with Crippen LogP contribution in [0, 0.1) is 0 Å². The molecule has 2 N–H and O–H groups in total. The van der Waals surface area contributed by atoms with Crippen LogP contribution in [0.25, 0.3) is 10.9 Å². The number of alkyl halides is 2. The van der Waals surface area contributed by atoms with E-state index in [2.05, 4.69) is 20.0 Å². The number of carbonyl (C=O) groups is 1. The zero-order valence-corrected chi connectivity index (χ0v) is 21.1. The summed E-state index contributed by atoms with van der Waals surface area (Å²) in [7, 11) is 0. The van der Waals surface area contributed by atoms with E-state index in [0.717, 1.165) is 11.1 Å². The highest BCUT2D eigenvalue weighted by molar-refractivity contribution is 5.85. The molecule has 0 bridgehead atoms. The molecule has 39 heavy (non-hydrogen) atoms. The normalized spacial score (nSPS) is 14.8. The van der Waals surface area contributed by atoms with Gasteiger partial charge in [-0.15, -0.1) is 0 Å². The molecule has 1 fully saturated rings. The first kappa shape index (κ1) is 26.1. The zero-order chi connectivity index (χ0) is 27.2. The number of alkyl carbamates (subject to hydrolysis) is 1. The number of amides is 1. The molecule has 10 heteroatoms. The summed E-state index contributed by atoms with van der Waals surface area (Å²) < 4.78 is 35.9. The quantitative estimate of drug-likeness (QED) is 0.311. The second kappa shape index (κ2) is 11.5. The van der Waals surface area contributed by atoms with Crippen molar-refractivity contribution >= 4 is 22.9 Å². The van der Waals surface area contributed by atoms with Crippen LogP contribution in [-0.2, 0) is 17.7 Å². The summed E-state index contributed by atoms with van der Waals surface area (Å²) in [5.74, 6) is -0.0516. The van der Waals surface area contributed by atoms with Crippen LogP contribution in [0.1, 0.15) is 24.0 Å². The van der Waals surface area contributed by atoms with Crippen LogP contribution in [-0.4, -0.2) is 46.5 Å². The van der Waals surface area contributed by atoms with E-state index in [4.69, 9.17) is 4.74 Å². The lowest BCUT2D eigenvalue weighted by Gasteiger charge is -2.41. The van der Waals surface area contributed by atoms with Crippen molar-refractivity contribution in [1.82, 2.24) is 15.3 Å². The van der Waals surface area contributed by atoms with Crippen molar-refractivity contribution in [3.05, 3.63) is 90.0 Å². The highest BCUT2D eigenvalue weighted by Gasteiger charge is 2.39. The third-order valence-electron chi connectivity index (χ3n) is 6.78. The minimum absolute atomic E-state index is 0.0583. The Bertz CT molecular complexity index is 1420. The van der Waals surface area contributed by atoms with Gasteiger partial charge < -0.3 is 24.8 Å². The first-order valence-electron chi connectivity index (χ1n) is 12.6. The SMILES string of the molecule is O=C(NCc1ccccc1)OC1(Cc2ccccc2)CCN(c2nc(O)c3ccc(OC(F)F)cc3n2)CC1. The number of hydrogen-bond donors (Lipinski definition) is 2. The van der Waals surface area contributed by atoms with Gasteiger partial charge in [-0.05, 0) is 23.3 Å². The fraction of sp³-hybridized carbons (Fsp3) is 0.276. The molecule has 0 aliphatic carbocycles. The number of aromatic hydroxyl groups is 1. The van der Waals surface area contributed by atoms with E-state index in [1.54, 1.807) is 0 Å². The minimum Gasteiger partial charge on any atom is -0.493 e. The lowest BCUT2D eigenvalue weighted by Crippen LogP contribution is -2.50. The molecule has 8 nitrogen and oxygen atoms in total. The summed E-state index contributed by atoms with van der Waals surface area (Å²) in [5, 5.41) is 13.7. The van der Waals surface area contributed by atoms with E-state index in [9.17, 15) is 18.7 Å². The fourth-order valence-corrected chi connectivity index (χ4v) is 4.80. The maximum Gasteiger partial charge on any atom is 0.407 e. The summed E-state index contributed by atoms with van der Waals surface area (Å²) in [6, 6.07) is 23.6. The summed E-state index contributed by atoms with van der Waals surface area (Å²) >= 11 is 0. The molecule has 0 saturated carbocycles. The highest BCUT2D eigenvalue weighted by atomic mass is 19.3. The molecule has 4 aromatic rings. The molecule has 2 heterocycles. The Morgan fingerprint density at radius 1 is 0.974 bits per heavy atom. The van der Waals surface area contributed by atoms with E-state index in [0.29, 0.717) is 44.3 Å². The van der Waals surface area contributed by atoms with Gasteiger partial charge in [0.2, 0.25) is 11.8 Å². The number of nitrogens with one attached hydrogen (secondary N) is 1. The van der Waals surface area contributed by atoms with Crippen molar-refractivity contribution in [2.75, 3.05) is 18.0 Å². The van der Waals surface area contributed by atoms with Gasteiger partial charge >= 0.3 is 12.7 Å². The average Bonchev–Trinajstić information content (AvgIpc) is 2.93. The Labute approximate surface area is 224 Å². The predicted molar refractivity (Wildman–Crippen MR) is 142 cm³/mol. The number of ether oxygens (including phenoxy) is 2. The third-order valence-corrected chi connectivity index (χ3v) is 6.78. The van der Waals surface area contributed by atoms with E-state index >= 15 is 0 Å². The van der Waals surface area contributed by atoms with Crippen LogP contribution in [0.2, 0.25) is 0 Å². The number of rotatable bonds is 8. The molecule has 1 aliphatic heterocycles. The maximum atomic E-state index is 12.9. The number of anilines is 1. The Hall–Kier alpha value is -4.47. The highest BCUT2D eigenvalue weighted by Crippen LogP contribution is 2.34. The van der Waals surface area contributed by atoms with Gasteiger partial charge in [-0.3, -0.25) is 0 Å². The van der Waals surface area contributed by atoms with Gasteiger partial charge in [0, 0.05) is 45.0 Å². The van der Waals surface area contributed by atoms with Crippen molar-refractivity contribution in [2.45, 2.75) is 38.0 Å². The van der Waals surface area contributed by atoms with Crippen LogP contribution in [0.5, 0.6) is 11.6 Å². The topological polar surface area (TPSA) is 96.8 Å². The van der Waals surface area contributed by atoms with E-state index in [-0.39, 0.29) is 23.1 Å². The largest absolute Gasteiger partial charge is 0.493 e. The van der Waals surface area contributed by atoms with Crippen LogP contribution in [0.15, 0.2) is 78.9 Å². The number of benzene rings is 3. The predicted octanol–water partition coefficient (Wildman–Crippen LogP) is 5.44. The number of carbonyl (C=O) groups excluding carboxylic acids is 1. The molecular weight excluding hydrogens is 506 g/mol. The molecule has 3 aromatic carbocycles. The molecule has 0 atom stereocenters. The molecule has 1 saturated heterocycles. The Kier molecular flexibility index (Phi) is 7.72. The third kappa shape index (κ3) is 6.51. The fourth-order valence-electron chi connectivity index (χ4n) is 4.80. The van der Waals surface area contributed by atoms with Crippen molar-refractivity contribution in [3.63, 3.8) is 0 Å². The molecule has 0 spiro atoms. The average molecular weight is 535 g/mol. The second-order valence-corrected chi connectivity index (χ2v) is 9.47. The van der Waals surface area contributed by atoms with Crippen molar-refractivity contribution < 1.29 is 28.2 Å². The summed E-state index contributed by atoms with van der Waals surface area (Å²) in [4.78, 5) is 23.5. The van der Waals surface area contributed by atoms with Gasteiger partial charge in [0.15, 0.2) is 0 Å². The number of aromatic nitrogens is 2. The Morgan fingerprint density at radius 2 is 1.64 bits per heavy atom. The van der Waals surface area contributed by atoms with Gasteiger partial charge in [-0.1, -0.05) is 60.7 Å². The molecule has 5 rings (SSSR count). The molecular formula is C29H28F2N4O4. The van der Waals surface area contributed by atoms with Crippen LogP contribution < -0.4 is 15.0 Å². The van der Waals surface area contributed by atoms with Gasteiger partial charge in [0.05, 0.1) is 10.9 Å². The molecule has 0 unspecified atom stereocenters. The van der Waals surface area contributed by atoms with Gasteiger partial charge in [-0.2, -0.15) is 13.8 Å². The second-order valence-electron chi connectivity index (χ2n) is 9.47. The van der Waals surface area contributed by atoms with Crippen LogP contribution in [0.4, 0.5) is 19.5 Å². The number of halogens is 2. The van der Waals surface area contributed by atoms with E-state index in [1.165, 1.54) is 18.2 Å². The number of nitrogens with zero attached hydrogens (tertiary/aromatic N) is 3. The first-order valence-corrected chi connectivity index (χ1v) is 12.6. The summed E-state index contributed by atoms with van der Waals surface area (Å²) in [6.07, 6.45) is 1.04. The van der Waals surface area contributed by atoms with Gasteiger partial charge in [0.25, 0.3) is 0 Å². The van der Waals surface area contributed by atoms with Crippen LogP contribution >= 0.6 is 0 Å². The van der Waals surface area contributed by atoms with Gasteiger partial charge in [-0.25, -0.2) is 9.78 Å². The Morgan fingerprint density at radius 3 is 2.31 bits per heavy atom. The van der Waals surface area contributed by atoms with Crippen molar-refractivity contribution in [2.24, 2.45) is 0 Å². The zero-order valence-electron chi connectivity index (χ0n) is 21.1. The van der Waals surface area contributed by atoms with Crippen molar-refractivity contribution in [3.8, 4) is 11.6 Å². The summed E-state index contributed by atoms with van der Waals surface area (Å²) in [6.45, 7) is -1.70. The summed E-state index contributed by atoms with van der Waals surface area (Å²) in [5.41, 5.74) is 1.55. The number of piperidine rings is 1. The van der Waals surface area contributed by atoms with E-state index < -0.39 is 18.3 Å². The molecule has 1 aromatic heterocycles. The molecule has 1 amide bonds. The van der Waals surface area contributed by atoms with Gasteiger partial charge in [0.1, 0.15) is 11.4 Å². The number of hydrogen-bond acceptors (Lipinski definition) is 7. The lowest BCUT2D eigenvalue weighted by molar-refractivity contribution is -0.0497. The number of fused-ring (bicyclic) bond motifs is 1. The Balaban J connectivity index is 1.32. The lowest BCUT2D eigenvalue weighted by atomic mass is 9.85. The molecule has 1 aliphatic rings. The smallest absolute Gasteiger partial charge is 0.407 e. The minimum atomic E-state index is -2.97. The standard InChI is InChI=1S/C29H28F2N4O4/c30-26(31)38-22-11-12-23-24(17-22)33-27(34-25(23)36)35-15-13-29(14-16-35,18-20-7-3-1-4-8-20)39-28(37)32-19-21-9-5-2-6-10-21/h1-12,17,26H,13-16,18-19H2,(H,32,37)(H,33,34,36). The van der Waals surface area contributed by atoms with E-state index in [1.807, 2.05) is 65.6 Å². The van der Waals surface area contributed by atoms with Crippen LogP contribution in [0.3, 0.4) is 0 Å². The van der Waals surface area contributed by atoms with Crippen molar-refractivity contribution in [1.29, 1.82) is 0 Å². The molecule has 202 valence electrons. The maximum absolute atomic E-state index is 12.9. The molecule has 0 radical (unpaired) electrons. The first-order chi connectivity index (χ1) is 18.9. The monoisotopic (exact) mass is 534 g/mol.